The van der Waals surface area contributed by atoms with Crippen molar-refractivity contribution in [2.75, 3.05) is 0 Å². The van der Waals surface area contributed by atoms with Crippen molar-refractivity contribution in [2.24, 2.45) is 11.0 Å². The van der Waals surface area contributed by atoms with Crippen LogP contribution in [0.4, 0.5) is 0 Å². The van der Waals surface area contributed by atoms with Crippen molar-refractivity contribution in [3.63, 3.8) is 0 Å². The van der Waals surface area contributed by atoms with E-state index in [1.807, 2.05) is 0 Å². The molecule has 1 atom stereocenters. The van der Waals surface area contributed by atoms with Crippen molar-refractivity contribution in [3.8, 4) is 0 Å². The number of aliphatic carboxylic acids is 1. The van der Waals surface area contributed by atoms with Gasteiger partial charge >= 0.3 is 5.97 Å². The highest BCUT2D eigenvalue weighted by Gasteiger charge is 2.23. The Kier molecular flexibility index (Phi) is 3.27. The van der Waals surface area contributed by atoms with Gasteiger partial charge in [-0.05, 0) is 11.6 Å². The van der Waals surface area contributed by atoms with E-state index in [2.05, 4.69) is 10.0 Å². The summed E-state index contributed by atoms with van der Waals surface area (Å²) in [6.45, 7) is 0. The molecule has 0 spiro atoms. The van der Waals surface area contributed by atoms with Crippen LogP contribution in [-0.2, 0) is 15.1 Å². The van der Waals surface area contributed by atoms with Gasteiger partial charge in [-0.15, -0.1) is 0 Å². The number of carboxylic acids is 1. The molecule has 0 heterocycles. The second kappa shape index (κ2) is 4.45. The molecule has 0 saturated heterocycles. The van der Waals surface area contributed by atoms with Crippen molar-refractivity contribution in [2.45, 2.75) is 0 Å². The number of azide groups is 1. The molecule has 1 N–H and O–H groups in total. The van der Waals surface area contributed by atoms with Gasteiger partial charge in [-0.25, -0.2) is 0 Å². The van der Waals surface area contributed by atoms with Crippen LogP contribution in [0.5, 0.6) is 0 Å². The number of rotatable bonds is 2. The summed E-state index contributed by atoms with van der Waals surface area (Å²) < 4.78 is 21.4. The third-order valence-electron chi connectivity index (χ3n) is 1.67. The fourth-order valence-electron chi connectivity index (χ4n) is 1.04. The second-order valence-electron chi connectivity index (χ2n) is 2.57. The lowest BCUT2D eigenvalue weighted by Gasteiger charge is -2.09. The minimum absolute atomic E-state index is 0.0641. The molecule has 15 heavy (non-hydrogen) atoms. The normalized spacial score (nSPS) is 19.1. The SMILES string of the molecule is [N-]=[N+]=NC1=CC(=S(=O)=O)C(C(=O)O)C=C1. The van der Waals surface area contributed by atoms with Crippen LogP contribution in [0.25, 0.3) is 10.4 Å². The summed E-state index contributed by atoms with van der Waals surface area (Å²) in [5, 5.41) is 11.9. The summed E-state index contributed by atoms with van der Waals surface area (Å²) >= 11 is 0. The fourth-order valence-corrected chi connectivity index (χ4v) is 1.65. The van der Waals surface area contributed by atoms with E-state index in [1.165, 1.54) is 6.08 Å². The van der Waals surface area contributed by atoms with Crippen LogP contribution >= 0.6 is 0 Å². The van der Waals surface area contributed by atoms with Crippen LogP contribution in [0.1, 0.15) is 0 Å². The maximum Gasteiger partial charge on any atom is 0.315 e. The van der Waals surface area contributed by atoms with Crippen molar-refractivity contribution in [3.05, 3.63) is 34.4 Å². The Morgan fingerprint density at radius 1 is 1.60 bits per heavy atom. The van der Waals surface area contributed by atoms with E-state index in [0.29, 0.717) is 0 Å². The van der Waals surface area contributed by atoms with Gasteiger partial charge < -0.3 is 5.11 Å². The molecule has 7 nitrogen and oxygen atoms in total. The van der Waals surface area contributed by atoms with Crippen molar-refractivity contribution < 1.29 is 18.3 Å². The third kappa shape index (κ3) is 2.46. The number of nitrogens with zero attached hydrogens (tertiary/aromatic N) is 3. The Balaban J connectivity index is 3.29. The first-order valence-corrected chi connectivity index (χ1v) is 4.77. The Morgan fingerprint density at radius 3 is 2.73 bits per heavy atom. The molecular weight excluding hydrogens is 222 g/mol. The Hall–Kier alpha value is -2.05. The fraction of sp³-hybridized carbons (Fsp3) is 0.143. The molecule has 78 valence electrons. The van der Waals surface area contributed by atoms with E-state index in [4.69, 9.17) is 10.6 Å². The molecule has 1 unspecified atom stereocenters. The number of allylic oxidation sites excluding steroid dienone is 2. The van der Waals surface area contributed by atoms with Gasteiger partial charge in [0.15, 0.2) is 0 Å². The van der Waals surface area contributed by atoms with Crippen molar-refractivity contribution in [1.82, 2.24) is 0 Å². The molecule has 1 rings (SSSR count). The standard InChI is InChI=1S/C7H5N3O4S/c8-10-9-4-1-2-5(7(11)12)6(3-4)15(13)14/h1-3,5H,(H,11,12). The maximum atomic E-state index is 10.7. The molecule has 0 saturated carbocycles. The number of hydrogen-bond donors (Lipinski definition) is 1. The summed E-state index contributed by atoms with van der Waals surface area (Å²) in [6, 6.07) is 0. The van der Waals surface area contributed by atoms with Gasteiger partial charge in [0.1, 0.15) is 5.92 Å². The van der Waals surface area contributed by atoms with Crippen molar-refractivity contribution in [1.29, 1.82) is 0 Å². The van der Waals surface area contributed by atoms with Crippen LogP contribution in [0.2, 0.25) is 0 Å². The lowest BCUT2D eigenvalue weighted by molar-refractivity contribution is -0.137. The zero-order valence-electron chi connectivity index (χ0n) is 7.23. The molecule has 0 fully saturated rings. The van der Waals surface area contributed by atoms with Gasteiger partial charge in [0, 0.05) is 10.6 Å². The molecule has 0 aromatic carbocycles. The van der Waals surface area contributed by atoms with Gasteiger partial charge in [0.2, 0.25) is 10.3 Å². The van der Waals surface area contributed by atoms with Gasteiger partial charge in [-0.3, -0.25) is 4.79 Å². The van der Waals surface area contributed by atoms with Crippen LogP contribution < -0.4 is 0 Å². The summed E-state index contributed by atoms with van der Waals surface area (Å²) in [5.74, 6) is -2.50. The van der Waals surface area contributed by atoms with Gasteiger partial charge in [-0.2, -0.15) is 8.42 Å². The predicted molar refractivity (Wildman–Crippen MR) is 51.4 cm³/mol. The monoisotopic (exact) mass is 227 g/mol. The first kappa shape index (κ1) is 11.0. The molecular formula is C7H5N3O4S. The van der Waals surface area contributed by atoms with Crippen LogP contribution in [-0.4, -0.2) is 24.4 Å². The molecule has 0 aromatic heterocycles. The topological polar surface area (TPSA) is 120 Å². The van der Waals surface area contributed by atoms with Crippen molar-refractivity contribution >= 4 is 21.1 Å². The highest BCUT2D eigenvalue weighted by atomic mass is 32.2. The second-order valence-corrected chi connectivity index (χ2v) is 3.51. The molecule has 0 bridgehead atoms. The molecule has 0 amide bonds. The average molecular weight is 227 g/mol. The molecule has 0 radical (unpaired) electrons. The lowest BCUT2D eigenvalue weighted by atomic mass is 10.00. The maximum absolute atomic E-state index is 10.7. The average Bonchev–Trinajstić information content (AvgIpc) is 2.17. The van der Waals surface area contributed by atoms with E-state index in [-0.39, 0.29) is 10.6 Å². The third-order valence-corrected chi connectivity index (χ3v) is 2.43. The molecule has 0 aromatic rings. The largest absolute Gasteiger partial charge is 0.481 e. The minimum Gasteiger partial charge on any atom is -0.481 e. The van der Waals surface area contributed by atoms with E-state index in [0.717, 1.165) is 12.2 Å². The smallest absolute Gasteiger partial charge is 0.315 e. The zero-order chi connectivity index (χ0) is 11.4. The highest BCUT2D eigenvalue weighted by Crippen LogP contribution is 2.15. The van der Waals surface area contributed by atoms with Crippen LogP contribution in [0.3, 0.4) is 0 Å². The Bertz CT molecular complexity index is 529. The Labute approximate surface area is 85.5 Å². The minimum atomic E-state index is -2.65. The summed E-state index contributed by atoms with van der Waals surface area (Å²) in [4.78, 5) is 12.8. The molecule has 8 heteroatoms. The lowest BCUT2D eigenvalue weighted by Crippen LogP contribution is -2.23. The molecule has 1 aliphatic carbocycles. The van der Waals surface area contributed by atoms with E-state index in [9.17, 15) is 13.2 Å². The van der Waals surface area contributed by atoms with Gasteiger partial charge in [0.25, 0.3) is 0 Å². The van der Waals surface area contributed by atoms with E-state index < -0.39 is 22.2 Å². The van der Waals surface area contributed by atoms with Crippen LogP contribution in [0.15, 0.2) is 29.0 Å². The predicted octanol–water partition coefficient (Wildman–Crippen LogP) is 0.503. The Morgan fingerprint density at radius 2 is 2.27 bits per heavy atom. The highest BCUT2D eigenvalue weighted by molar-refractivity contribution is 7.73. The number of hydrogen-bond acceptors (Lipinski definition) is 4. The van der Waals surface area contributed by atoms with E-state index >= 15 is 0 Å². The molecule has 1 aliphatic rings. The zero-order valence-corrected chi connectivity index (χ0v) is 8.05. The number of carboxylic acid groups (broad SMARTS) is 1. The molecule has 0 aliphatic heterocycles. The summed E-state index contributed by atoms with van der Waals surface area (Å²) in [6.07, 6.45) is 3.44. The summed E-state index contributed by atoms with van der Waals surface area (Å²) in [5.41, 5.74) is 8.19. The van der Waals surface area contributed by atoms with Crippen LogP contribution in [0, 0.1) is 5.92 Å². The first-order chi connectivity index (χ1) is 7.06. The number of carbonyl (C=O) groups is 1. The first-order valence-electron chi connectivity index (χ1n) is 3.70. The summed E-state index contributed by atoms with van der Waals surface area (Å²) in [7, 11) is -2.65. The van der Waals surface area contributed by atoms with Gasteiger partial charge in [-0.1, -0.05) is 17.3 Å². The quantitative estimate of drug-likeness (QED) is 0.319. The van der Waals surface area contributed by atoms with E-state index in [1.54, 1.807) is 0 Å². The van der Waals surface area contributed by atoms with Gasteiger partial charge in [0.05, 0.1) is 4.86 Å².